The van der Waals surface area contributed by atoms with Crippen molar-refractivity contribution in [2.75, 3.05) is 20.2 Å². The van der Waals surface area contributed by atoms with E-state index in [0.717, 1.165) is 42.8 Å². The minimum Gasteiger partial charge on any atom is -0.465 e. The van der Waals surface area contributed by atoms with Crippen LogP contribution in [0.15, 0.2) is 24.7 Å². The van der Waals surface area contributed by atoms with E-state index in [-0.39, 0.29) is 5.97 Å². The highest BCUT2D eigenvalue weighted by atomic mass is 16.5. The molecular formula is C17H22N4O2. The van der Waals surface area contributed by atoms with Gasteiger partial charge in [0, 0.05) is 31.1 Å². The van der Waals surface area contributed by atoms with Gasteiger partial charge in [0.25, 0.3) is 0 Å². The van der Waals surface area contributed by atoms with Crippen LogP contribution in [0.5, 0.6) is 0 Å². The Morgan fingerprint density at radius 3 is 3.09 bits per heavy atom. The molecule has 1 unspecified atom stereocenters. The summed E-state index contributed by atoms with van der Waals surface area (Å²) in [5, 5.41) is 8.00. The molecule has 6 nitrogen and oxygen atoms in total. The summed E-state index contributed by atoms with van der Waals surface area (Å²) in [6.45, 7) is 4.06. The SMILES string of the molecule is COC(=O)c1ccncc1Cc1c(C)cnn1C1CCCNC1. The van der Waals surface area contributed by atoms with Crippen molar-refractivity contribution in [3.63, 3.8) is 0 Å². The largest absolute Gasteiger partial charge is 0.465 e. The molecule has 3 heterocycles. The molecule has 2 aromatic heterocycles. The van der Waals surface area contributed by atoms with E-state index in [0.29, 0.717) is 18.0 Å². The molecule has 0 aliphatic carbocycles. The van der Waals surface area contributed by atoms with Crippen LogP contribution < -0.4 is 5.32 Å². The number of aromatic nitrogens is 3. The molecule has 1 saturated heterocycles. The van der Waals surface area contributed by atoms with Crippen LogP contribution >= 0.6 is 0 Å². The molecular weight excluding hydrogens is 292 g/mol. The van der Waals surface area contributed by atoms with E-state index in [4.69, 9.17) is 4.74 Å². The fraction of sp³-hybridized carbons (Fsp3) is 0.471. The second-order valence-corrected chi connectivity index (χ2v) is 5.92. The first-order valence-electron chi connectivity index (χ1n) is 7.95. The van der Waals surface area contributed by atoms with Crippen LogP contribution in [0.4, 0.5) is 0 Å². The van der Waals surface area contributed by atoms with Gasteiger partial charge in [0.15, 0.2) is 0 Å². The van der Waals surface area contributed by atoms with E-state index < -0.39 is 0 Å². The normalized spacial score (nSPS) is 17.9. The van der Waals surface area contributed by atoms with E-state index in [1.165, 1.54) is 7.11 Å². The maximum Gasteiger partial charge on any atom is 0.338 e. The van der Waals surface area contributed by atoms with Crippen LogP contribution in [-0.4, -0.2) is 40.9 Å². The number of methoxy groups -OCH3 is 1. The third-order valence-corrected chi connectivity index (χ3v) is 4.39. The lowest BCUT2D eigenvalue weighted by Crippen LogP contribution is -2.33. The number of nitrogens with zero attached hydrogens (tertiary/aromatic N) is 3. The molecule has 23 heavy (non-hydrogen) atoms. The van der Waals surface area contributed by atoms with E-state index in [2.05, 4.69) is 27.0 Å². The maximum absolute atomic E-state index is 12.0. The number of pyridine rings is 1. The first kappa shape index (κ1) is 15.7. The van der Waals surface area contributed by atoms with Gasteiger partial charge >= 0.3 is 5.97 Å². The molecule has 1 atom stereocenters. The molecule has 0 bridgehead atoms. The zero-order valence-electron chi connectivity index (χ0n) is 13.6. The van der Waals surface area contributed by atoms with Crippen LogP contribution in [-0.2, 0) is 11.2 Å². The Hall–Kier alpha value is -2.21. The van der Waals surface area contributed by atoms with Gasteiger partial charge in [-0.15, -0.1) is 0 Å². The van der Waals surface area contributed by atoms with Crippen molar-refractivity contribution in [3.05, 3.63) is 47.0 Å². The van der Waals surface area contributed by atoms with E-state index in [1.807, 2.05) is 6.20 Å². The molecule has 6 heteroatoms. The summed E-state index contributed by atoms with van der Waals surface area (Å²) < 4.78 is 6.98. The predicted molar refractivity (Wildman–Crippen MR) is 86.5 cm³/mol. The molecule has 1 N–H and O–H groups in total. The highest BCUT2D eigenvalue weighted by molar-refractivity contribution is 5.90. The zero-order chi connectivity index (χ0) is 16.2. The fourth-order valence-corrected chi connectivity index (χ4v) is 3.11. The molecule has 0 spiro atoms. The number of aryl methyl sites for hydroxylation is 1. The fourth-order valence-electron chi connectivity index (χ4n) is 3.11. The highest BCUT2D eigenvalue weighted by Crippen LogP contribution is 2.23. The molecule has 3 rings (SSSR count). The summed E-state index contributed by atoms with van der Waals surface area (Å²) in [5.41, 5.74) is 3.71. The summed E-state index contributed by atoms with van der Waals surface area (Å²) in [7, 11) is 1.40. The Kier molecular flexibility index (Phi) is 4.71. The molecule has 0 radical (unpaired) electrons. The van der Waals surface area contributed by atoms with Gasteiger partial charge in [0.1, 0.15) is 0 Å². The number of ether oxygens (including phenoxy) is 1. The maximum atomic E-state index is 12.0. The summed E-state index contributed by atoms with van der Waals surface area (Å²) in [6, 6.07) is 2.07. The molecule has 1 fully saturated rings. The standard InChI is InChI=1S/C17H22N4O2/c1-12-9-20-21(14-4-3-6-18-11-14)16(12)8-13-10-19-7-5-15(13)17(22)23-2/h5,7,9-10,14,18H,3-4,6,8,11H2,1-2H3. The number of rotatable bonds is 4. The number of carbonyl (C=O) groups excluding carboxylic acids is 1. The van der Waals surface area contributed by atoms with Crippen molar-refractivity contribution in [1.82, 2.24) is 20.1 Å². The van der Waals surface area contributed by atoms with Crippen molar-refractivity contribution in [1.29, 1.82) is 0 Å². The van der Waals surface area contributed by atoms with Crippen LogP contribution in [0.1, 0.15) is 46.1 Å². The average Bonchev–Trinajstić information content (AvgIpc) is 2.96. The Bertz CT molecular complexity index is 690. The number of esters is 1. The summed E-state index contributed by atoms with van der Waals surface area (Å²) >= 11 is 0. The molecule has 1 aliphatic heterocycles. The molecule has 0 amide bonds. The lowest BCUT2D eigenvalue weighted by molar-refractivity contribution is 0.0599. The number of hydrogen-bond donors (Lipinski definition) is 1. The van der Waals surface area contributed by atoms with Gasteiger partial charge in [-0.3, -0.25) is 9.67 Å². The Morgan fingerprint density at radius 1 is 1.48 bits per heavy atom. The third kappa shape index (κ3) is 3.27. The monoisotopic (exact) mass is 314 g/mol. The van der Waals surface area contributed by atoms with E-state index >= 15 is 0 Å². The smallest absolute Gasteiger partial charge is 0.338 e. The quantitative estimate of drug-likeness (QED) is 0.873. The van der Waals surface area contributed by atoms with Crippen LogP contribution in [0.2, 0.25) is 0 Å². The van der Waals surface area contributed by atoms with Crippen molar-refractivity contribution in [3.8, 4) is 0 Å². The van der Waals surface area contributed by atoms with Crippen molar-refractivity contribution in [2.45, 2.75) is 32.2 Å². The Labute approximate surface area is 135 Å². The molecule has 0 saturated carbocycles. The average molecular weight is 314 g/mol. The highest BCUT2D eigenvalue weighted by Gasteiger charge is 2.21. The van der Waals surface area contributed by atoms with Gasteiger partial charge in [0.05, 0.1) is 24.9 Å². The number of carbonyl (C=O) groups is 1. The molecule has 122 valence electrons. The van der Waals surface area contributed by atoms with Gasteiger partial charge in [-0.2, -0.15) is 5.10 Å². The van der Waals surface area contributed by atoms with Crippen molar-refractivity contribution < 1.29 is 9.53 Å². The van der Waals surface area contributed by atoms with Crippen molar-refractivity contribution >= 4 is 5.97 Å². The van der Waals surface area contributed by atoms with E-state index in [9.17, 15) is 4.79 Å². The predicted octanol–water partition coefficient (Wildman–Crippen LogP) is 1.89. The molecule has 1 aliphatic rings. The van der Waals surface area contributed by atoms with Gasteiger partial charge < -0.3 is 10.1 Å². The van der Waals surface area contributed by atoms with E-state index in [1.54, 1.807) is 18.5 Å². The topological polar surface area (TPSA) is 69.0 Å². The van der Waals surface area contributed by atoms with Crippen LogP contribution in [0, 0.1) is 6.92 Å². The second kappa shape index (κ2) is 6.91. The van der Waals surface area contributed by atoms with Gasteiger partial charge in [-0.1, -0.05) is 0 Å². The lowest BCUT2D eigenvalue weighted by atomic mass is 10.0. The van der Waals surface area contributed by atoms with Gasteiger partial charge in [-0.05, 0) is 43.5 Å². The molecule has 2 aromatic rings. The lowest BCUT2D eigenvalue weighted by Gasteiger charge is -2.25. The summed E-state index contributed by atoms with van der Waals surface area (Å²) in [5.74, 6) is -0.328. The number of nitrogens with one attached hydrogen (secondary N) is 1. The molecule has 0 aromatic carbocycles. The first-order valence-corrected chi connectivity index (χ1v) is 7.95. The number of piperidine rings is 1. The van der Waals surface area contributed by atoms with Crippen molar-refractivity contribution in [2.24, 2.45) is 0 Å². The first-order chi connectivity index (χ1) is 11.2. The minimum atomic E-state index is -0.328. The summed E-state index contributed by atoms with van der Waals surface area (Å²) in [4.78, 5) is 16.1. The summed E-state index contributed by atoms with van der Waals surface area (Å²) in [6.07, 6.45) is 8.16. The third-order valence-electron chi connectivity index (χ3n) is 4.39. The van der Waals surface area contributed by atoms with Gasteiger partial charge in [-0.25, -0.2) is 4.79 Å². The van der Waals surface area contributed by atoms with Crippen LogP contribution in [0.3, 0.4) is 0 Å². The second-order valence-electron chi connectivity index (χ2n) is 5.92. The van der Waals surface area contributed by atoms with Crippen LogP contribution in [0.25, 0.3) is 0 Å². The Morgan fingerprint density at radius 2 is 2.35 bits per heavy atom. The Balaban J connectivity index is 1.92. The number of hydrogen-bond acceptors (Lipinski definition) is 5. The van der Waals surface area contributed by atoms with Gasteiger partial charge in [0.2, 0.25) is 0 Å². The zero-order valence-corrected chi connectivity index (χ0v) is 13.6. The minimum absolute atomic E-state index is 0.328.